The van der Waals surface area contributed by atoms with E-state index in [0.29, 0.717) is 45.4 Å². The lowest BCUT2D eigenvalue weighted by molar-refractivity contribution is -0.113. The molecule has 28 heavy (non-hydrogen) atoms. The van der Waals surface area contributed by atoms with Crippen molar-refractivity contribution in [1.29, 1.82) is 0 Å². The van der Waals surface area contributed by atoms with E-state index < -0.39 is 0 Å². The van der Waals surface area contributed by atoms with Gasteiger partial charge in [-0.25, -0.2) is 0 Å². The van der Waals surface area contributed by atoms with Gasteiger partial charge in [0.25, 0.3) is 5.22 Å². The number of carbonyl (C=O) groups is 1. The molecule has 9 nitrogen and oxygen atoms in total. The molecule has 0 spiro atoms. The van der Waals surface area contributed by atoms with Gasteiger partial charge in [0.1, 0.15) is 0 Å². The van der Waals surface area contributed by atoms with E-state index in [1.807, 2.05) is 6.07 Å². The Balaban J connectivity index is 1.20. The molecule has 10 heteroatoms. The van der Waals surface area contributed by atoms with Crippen molar-refractivity contribution >= 4 is 23.4 Å². The third-order valence-corrected chi connectivity index (χ3v) is 4.83. The summed E-state index contributed by atoms with van der Waals surface area (Å²) in [4.78, 5) is 12.2. The molecule has 0 aliphatic carbocycles. The van der Waals surface area contributed by atoms with Crippen LogP contribution in [-0.4, -0.2) is 35.4 Å². The van der Waals surface area contributed by atoms with Crippen molar-refractivity contribution < 1.29 is 28.2 Å². The molecule has 1 N–H and O–H groups in total. The number of aromatic nitrogens is 2. The number of hydrogen-bond acceptors (Lipinski definition) is 9. The first-order valence-corrected chi connectivity index (χ1v) is 9.29. The molecule has 1 amide bonds. The number of rotatable bonds is 5. The van der Waals surface area contributed by atoms with E-state index >= 15 is 0 Å². The van der Waals surface area contributed by atoms with E-state index in [1.165, 1.54) is 0 Å². The lowest BCUT2D eigenvalue weighted by Crippen LogP contribution is -2.13. The zero-order valence-electron chi connectivity index (χ0n) is 14.3. The summed E-state index contributed by atoms with van der Waals surface area (Å²) in [7, 11) is 0. The van der Waals surface area contributed by atoms with Crippen molar-refractivity contribution in [2.24, 2.45) is 0 Å². The third kappa shape index (κ3) is 3.29. The fourth-order valence-electron chi connectivity index (χ4n) is 2.71. The van der Waals surface area contributed by atoms with Crippen LogP contribution in [0.4, 0.5) is 5.69 Å². The van der Waals surface area contributed by atoms with Gasteiger partial charge in [-0.3, -0.25) is 4.79 Å². The van der Waals surface area contributed by atoms with Crippen LogP contribution in [0.15, 0.2) is 46.0 Å². The molecule has 0 atom stereocenters. The fraction of sp³-hybridized carbons (Fsp3) is 0.167. The van der Waals surface area contributed by atoms with E-state index in [0.717, 1.165) is 11.8 Å². The number of carbonyl (C=O) groups excluding carboxylic acids is 1. The number of thioether (sulfide) groups is 1. The topological polar surface area (TPSA) is 105 Å². The Bertz CT molecular complexity index is 1050. The Morgan fingerprint density at radius 1 is 0.929 bits per heavy atom. The quantitative estimate of drug-likeness (QED) is 0.648. The number of fused-ring (bicyclic) bond motifs is 2. The smallest absolute Gasteiger partial charge is 0.277 e. The van der Waals surface area contributed by atoms with E-state index in [4.69, 9.17) is 23.4 Å². The van der Waals surface area contributed by atoms with Crippen molar-refractivity contribution in [2.75, 3.05) is 24.7 Å². The molecule has 0 fully saturated rings. The van der Waals surface area contributed by atoms with Gasteiger partial charge in [0.2, 0.25) is 25.4 Å². The van der Waals surface area contributed by atoms with Crippen molar-refractivity contribution in [3.05, 3.63) is 36.4 Å². The normalized spacial score (nSPS) is 13.6. The fourth-order valence-corrected chi connectivity index (χ4v) is 3.28. The van der Waals surface area contributed by atoms with Gasteiger partial charge >= 0.3 is 0 Å². The minimum atomic E-state index is -0.202. The minimum absolute atomic E-state index is 0.122. The molecule has 2 aliphatic rings. The monoisotopic (exact) mass is 399 g/mol. The summed E-state index contributed by atoms with van der Waals surface area (Å²) in [6.07, 6.45) is 0. The van der Waals surface area contributed by atoms with Crippen molar-refractivity contribution in [3.63, 3.8) is 0 Å². The molecule has 3 aromatic rings. The van der Waals surface area contributed by atoms with E-state index in [1.54, 1.807) is 30.3 Å². The first-order chi connectivity index (χ1) is 13.7. The average molecular weight is 399 g/mol. The van der Waals surface area contributed by atoms with E-state index in [-0.39, 0.29) is 25.2 Å². The van der Waals surface area contributed by atoms with Crippen molar-refractivity contribution in [1.82, 2.24) is 10.2 Å². The second-order valence-electron chi connectivity index (χ2n) is 5.85. The van der Waals surface area contributed by atoms with Gasteiger partial charge in [0, 0.05) is 17.3 Å². The van der Waals surface area contributed by atoms with Crippen LogP contribution in [0.1, 0.15) is 0 Å². The highest BCUT2D eigenvalue weighted by molar-refractivity contribution is 7.99. The van der Waals surface area contributed by atoms with Gasteiger partial charge in [-0.05, 0) is 30.3 Å². The van der Waals surface area contributed by atoms with Gasteiger partial charge in [0.05, 0.1) is 5.75 Å². The van der Waals surface area contributed by atoms with Crippen LogP contribution < -0.4 is 24.3 Å². The largest absolute Gasteiger partial charge is 0.454 e. The summed E-state index contributed by atoms with van der Waals surface area (Å²) in [5.41, 5.74) is 1.34. The van der Waals surface area contributed by atoms with E-state index in [9.17, 15) is 4.79 Å². The molecule has 0 saturated carbocycles. The zero-order valence-corrected chi connectivity index (χ0v) is 15.2. The lowest BCUT2D eigenvalue weighted by atomic mass is 10.2. The SMILES string of the molecule is O=C(CSc1nnc(-c2ccc3c(c2)OCO3)o1)Nc1ccc2c(c1)OCO2. The van der Waals surface area contributed by atoms with Gasteiger partial charge < -0.3 is 28.7 Å². The minimum Gasteiger partial charge on any atom is -0.454 e. The molecule has 0 unspecified atom stereocenters. The molecular formula is C18H13N3O6S. The van der Waals surface area contributed by atoms with Gasteiger partial charge in [-0.1, -0.05) is 11.8 Å². The number of hydrogen-bond donors (Lipinski definition) is 1. The Hall–Kier alpha value is -3.40. The van der Waals surface area contributed by atoms with Crippen LogP contribution in [0.3, 0.4) is 0 Å². The summed E-state index contributed by atoms with van der Waals surface area (Å²) in [6.45, 7) is 0.383. The molecule has 0 radical (unpaired) electrons. The highest BCUT2D eigenvalue weighted by atomic mass is 32.2. The highest BCUT2D eigenvalue weighted by Crippen LogP contribution is 2.36. The molecule has 3 heterocycles. The molecular weight excluding hydrogens is 386 g/mol. The summed E-state index contributed by atoms with van der Waals surface area (Å²) >= 11 is 1.15. The Morgan fingerprint density at radius 2 is 1.64 bits per heavy atom. The highest BCUT2D eigenvalue weighted by Gasteiger charge is 2.18. The number of ether oxygens (including phenoxy) is 4. The number of anilines is 1. The second kappa shape index (κ2) is 6.97. The van der Waals surface area contributed by atoms with Crippen molar-refractivity contribution in [3.8, 4) is 34.5 Å². The maximum absolute atomic E-state index is 12.2. The predicted octanol–water partition coefficient (Wildman–Crippen LogP) is 2.92. The van der Waals surface area contributed by atoms with Crippen LogP contribution in [0, 0.1) is 0 Å². The molecule has 5 rings (SSSR count). The van der Waals surface area contributed by atoms with Crippen LogP contribution in [0.25, 0.3) is 11.5 Å². The molecule has 2 aliphatic heterocycles. The third-order valence-electron chi connectivity index (χ3n) is 4.01. The molecule has 0 saturated heterocycles. The van der Waals surface area contributed by atoms with Gasteiger partial charge in [-0.2, -0.15) is 0 Å². The van der Waals surface area contributed by atoms with Crippen LogP contribution >= 0.6 is 11.8 Å². The number of nitrogens with one attached hydrogen (secondary N) is 1. The van der Waals surface area contributed by atoms with E-state index in [2.05, 4.69) is 15.5 Å². The first-order valence-electron chi connectivity index (χ1n) is 8.30. The molecule has 1 aromatic heterocycles. The van der Waals surface area contributed by atoms with Crippen LogP contribution in [-0.2, 0) is 4.79 Å². The van der Waals surface area contributed by atoms with Crippen LogP contribution in [0.2, 0.25) is 0 Å². The summed E-state index contributed by atoms with van der Waals surface area (Å²) in [5, 5.41) is 11.1. The average Bonchev–Trinajstić information content (AvgIpc) is 3.45. The van der Waals surface area contributed by atoms with Gasteiger partial charge in [-0.15, -0.1) is 10.2 Å². The number of nitrogens with zero attached hydrogens (tertiary/aromatic N) is 2. The Labute approximate surface area is 162 Å². The number of amides is 1. The van der Waals surface area contributed by atoms with Crippen LogP contribution in [0.5, 0.6) is 23.0 Å². The molecule has 2 aromatic carbocycles. The van der Waals surface area contributed by atoms with Crippen molar-refractivity contribution in [2.45, 2.75) is 5.22 Å². The predicted molar refractivity (Wildman–Crippen MR) is 97.8 cm³/mol. The first kappa shape index (κ1) is 16.8. The lowest BCUT2D eigenvalue weighted by Gasteiger charge is -2.05. The van der Waals surface area contributed by atoms with Gasteiger partial charge in [0.15, 0.2) is 23.0 Å². The Morgan fingerprint density at radius 3 is 2.46 bits per heavy atom. The Kier molecular flexibility index (Phi) is 4.17. The standard InChI is InChI=1S/C18H13N3O6S/c22-16(19-11-2-4-13-15(6-11)26-9-24-13)7-28-18-21-20-17(27-18)10-1-3-12-14(5-10)25-8-23-12/h1-6H,7-9H2,(H,19,22). The summed E-state index contributed by atoms with van der Waals surface area (Å²) in [5.74, 6) is 2.84. The zero-order chi connectivity index (χ0) is 18.9. The molecule has 0 bridgehead atoms. The molecule has 142 valence electrons. The maximum Gasteiger partial charge on any atom is 0.277 e. The summed E-state index contributed by atoms with van der Waals surface area (Å²) < 4.78 is 26.8. The summed E-state index contributed by atoms with van der Waals surface area (Å²) in [6, 6.07) is 10.6. The second-order valence-corrected chi connectivity index (χ2v) is 6.77. The maximum atomic E-state index is 12.2. The number of benzene rings is 2.